The van der Waals surface area contributed by atoms with Crippen molar-refractivity contribution in [1.82, 2.24) is 24.7 Å². The van der Waals surface area contributed by atoms with Crippen LogP contribution < -0.4 is 0 Å². The van der Waals surface area contributed by atoms with Gasteiger partial charge < -0.3 is 0 Å². The molecule has 0 N–H and O–H groups in total. The van der Waals surface area contributed by atoms with Crippen LogP contribution in [-0.2, 0) is 0 Å². The maximum Gasteiger partial charge on any atom is 0.180 e. The molecule has 6 heteroatoms. The van der Waals surface area contributed by atoms with Crippen LogP contribution in [0.4, 0.5) is 0 Å². The highest BCUT2D eigenvalue weighted by Crippen LogP contribution is 2.26. The second kappa shape index (κ2) is 5.20. The van der Waals surface area contributed by atoms with Crippen molar-refractivity contribution in [2.24, 2.45) is 0 Å². The topological polar surface area (TPSA) is 56.5 Å². The number of halogens is 1. The van der Waals surface area contributed by atoms with Gasteiger partial charge in [0.05, 0.1) is 11.2 Å². The zero-order valence-corrected chi connectivity index (χ0v) is 12.1. The molecule has 22 heavy (non-hydrogen) atoms. The van der Waals surface area contributed by atoms with Crippen molar-refractivity contribution < 1.29 is 0 Å². The summed E-state index contributed by atoms with van der Waals surface area (Å²) in [5.74, 6) is 0.648. The monoisotopic (exact) mass is 307 g/mol. The first-order chi connectivity index (χ1) is 10.8. The number of pyridine rings is 3. The van der Waals surface area contributed by atoms with E-state index < -0.39 is 0 Å². The number of fused-ring (bicyclic) bond motifs is 1. The summed E-state index contributed by atoms with van der Waals surface area (Å²) in [5, 5.41) is 5.82. The van der Waals surface area contributed by atoms with E-state index in [1.165, 1.54) is 0 Å². The van der Waals surface area contributed by atoms with Crippen LogP contribution in [0.15, 0.2) is 61.4 Å². The molecule has 0 spiro atoms. The Morgan fingerprint density at radius 2 is 1.82 bits per heavy atom. The maximum atomic E-state index is 6.18. The number of hydrogen-bond acceptors (Lipinski definition) is 4. The summed E-state index contributed by atoms with van der Waals surface area (Å²) in [7, 11) is 0. The Morgan fingerprint density at radius 3 is 2.68 bits per heavy atom. The fraction of sp³-hybridized carbons (Fsp3) is 0. The average Bonchev–Trinajstić information content (AvgIpc) is 3.06. The third-order valence-corrected chi connectivity index (χ3v) is 3.67. The van der Waals surface area contributed by atoms with Crippen molar-refractivity contribution in [2.45, 2.75) is 0 Å². The van der Waals surface area contributed by atoms with E-state index in [0.29, 0.717) is 10.8 Å². The van der Waals surface area contributed by atoms with E-state index in [0.717, 1.165) is 22.0 Å². The zero-order chi connectivity index (χ0) is 14.9. The quantitative estimate of drug-likeness (QED) is 0.568. The van der Waals surface area contributed by atoms with Gasteiger partial charge in [0, 0.05) is 47.5 Å². The number of aromatic nitrogens is 5. The first-order valence-electron chi connectivity index (χ1n) is 6.67. The molecule has 4 heterocycles. The van der Waals surface area contributed by atoms with Crippen molar-refractivity contribution in [1.29, 1.82) is 0 Å². The van der Waals surface area contributed by atoms with Crippen molar-refractivity contribution >= 4 is 22.5 Å². The Bertz CT molecular complexity index is 949. The van der Waals surface area contributed by atoms with Crippen molar-refractivity contribution in [2.75, 3.05) is 0 Å². The minimum atomic E-state index is 0.575. The third-order valence-electron chi connectivity index (χ3n) is 3.37. The lowest BCUT2D eigenvalue weighted by atomic mass is 10.2. The van der Waals surface area contributed by atoms with Crippen molar-refractivity contribution in [3.63, 3.8) is 0 Å². The van der Waals surface area contributed by atoms with Crippen LogP contribution in [0.25, 0.3) is 27.8 Å². The van der Waals surface area contributed by atoms with Crippen LogP contribution >= 0.6 is 11.6 Å². The number of nitrogens with zero attached hydrogens (tertiary/aromatic N) is 5. The van der Waals surface area contributed by atoms with E-state index in [1.54, 1.807) is 35.7 Å². The lowest BCUT2D eigenvalue weighted by Gasteiger charge is -2.05. The van der Waals surface area contributed by atoms with Crippen LogP contribution in [-0.4, -0.2) is 24.7 Å². The molecule has 0 aliphatic heterocycles. The van der Waals surface area contributed by atoms with Crippen molar-refractivity contribution in [3.8, 4) is 16.9 Å². The molecule has 0 fully saturated rings. The predicted octanol–water partition coefficient (Wildman–Crippen LogP) is 3.53. The smallest absolute Gasteiger partial charge is 0.180 e. The highest BCUT2D eigenvalue weighted by molar-refractivity contribution is 6.35. The van der Waals surface area contributed by atoms with E-state index in [9.17, 15) is 0 Å². The van der Waals surface area contributed by atoms with Crippen LogP contribution in [0, 0.1) is 0 Å². The van der Waals surface area contributed by atoms with E-state index in [-0.39, 0.29) is 0 Å². The summed E-state index contributed by atoms with van der Waals surface area (Å²) in [4.78, 5) is 12.9. The molecule has 4 aromatic heterocycles. The first-order valence-corrected chi connectivity index (χ1v) is 7.05. The SMILES string of the molecule is Clc1cnc(-n2cc(-c3cccnc3)cn2)c2ncccc12. The van der Waals surface area contributed by atoms with Crippen LogP contribution in [0.2, 0.25) is 5.02 Å². The van der Waals surface area contributed by atoms with E-state index >= 15 is 0 Å². The van der Waals surface area contributed by atoms with Crippen LogP contribution in [0.5, 0.6) is 0 Å². The molecule has 0 saturated heterocycles. The maximum absolute atomic E-state index is 6.18. The van der Waals surface area contributed by atoms with Gasteiger partial charge in [-0.3, -0.25) is 9.97 Å². The molecule has 0 bridgehead atoms. The number of hydrogen-bond donors (Lipinski definition) is 0. The van der Waals surface area contributed by atoms with Gasteiger partial charge in [0.25, 0.3) is 0 Å². The summed E-state index contributed by atoms with van der Waals surface area (Å²) >= 11 is 6.18. The molecule has 0 aliphatic carbocycles. The van der Waals surface area contributed by atoms with Crippen molar-refractivity contribution in [3.05, 3.63) is 66.5 Å². The highest BCUT2D eigenvalue weighted by Gasteiger charge is 2.11. The van der Waals surface area contributed by atoms with Gasteiger partial charge in [0.15, 0.2) is 5.82 Å². The van der Waals surface area contributed by atoms with Gasteiger partial charge in [0.1, 0.15) is 5.52 Å². The predicted molar refractivity (Wildman–Crippen MR) is 84.9 cm³/mol. The zero-order valence-electron chi connectivity index (χ0n) is 11.4. The minimum absolute atomic E-state index is 0.575. The molecule has 0 aromatic carbocycles. The van der Waals surface area contributed by atoms with Gasteiger partial charge in [-0.25, -0.2) is 9.67 Å². The average molecular weight is 308 g/mol. The normalized spacial score (nSPS) is 11.0. The Kier molecular flexibility index (Phi) is 3.05. The van der Waals surface area contributed by atoms with Gasteiger partial charge in [-0.15, -0.1) is 0 Å². The van der Waals surface area contributed by atoms with Crippen LogP contribution in [0.3, 0.4) is 0 Å². The summed E-state index contributed by atoms with van der Waals surface area (Å²) in [6, 6.07) is 7.65. The standard InChI is InChI=1S/C16H10ClN5/c17-14-9-20-16(15-13(14)4-2-6-19-15)22-10-12(8-21-22)11-3-1-5-18-7-11/h1-10H. The molecule has 4 rings (SSSR count). The summed E-state index contributed by atoms with van der Waals surface area (Å²) in [6.45, 7) is 0. The fourth-order valence-electron chi connectivity index (χ4n) is 2.31. The number of rotatable bonds is 2. The summed E-state index contributed by atoms with van der Waals surface area (Å²) in [5.41, 5.74) is 2.68. The molecule has 4 aromatic rings. The summed E-state index contributed by atoms with van der Waals surface area (Å²) in [6.07, 6.45) is 10.6. The highest BCUT2D eigenvalue weighted by atomic mass is 35.5. The lowest BCUT2D eigenvalue weighted by Crippen LogP contribution is -2.00. The Labute approximate surface area is 131 Å². The Hall–Kier alpha value is -2.79. The minimum Gasteiger partial charge on any atom is -0.264 e. The fourth-order valence-corrected chi connectivity index (χ4v) is 2.51. The molecule has 0 atom stereocenters. The summed E-state index contributed by atoms with van der Waals surface area (Å²) < 4.78 is 1.70. The largest absolute Gasteiger partial charge is 0.264 e. The molecular formula is C16H10ClN5. The van der Waals surface area contributed by atoms with Crippen LogP contribution in [0.1, 0.15) is 0 Å². The molecule has 0 unspecified atom stereocenters. The molecule has 106 valence electrons. The Balaban J connectivity index is 1.87. The third kappa shape index (κ3) is 2.12. The van der Waals surface area contributed by atoms with Gasteiger partial charge >= 0.3 is 0 Å². The molecule has 0 aliphatic rings. The van der Waals surface area contributed by atoms with Gasteiger partial charge in [-0.05, 0) is 18.2 Å². The van der Waals surface area contributed by atoms with Gasteiger partial charge in [0.2, 0.25) is 0 Å². The lowest BCUT2D eigenvalue weighted by molar-refractivity contribution is 0.853. The second-order valence-electron chi connectivity index (χ2n) is 4.74. The van der Waals surface area contributed by atoms with Gasteiger partial charge in [-0.1, -0.05) is 17.7 Å². The van der Waals surface area contributed by atoms with E-state index in [2.05, 4.69) is 20.1 Å². The van der Waals surface area contributed by atoms with E-state index in [1.807, 2.05) is 30.5 Å². The van der Waals surface area contributed by atoms with E-state index in [4.69, 9.17) is 11.6 Å². The Morgan fingerprint density at radius 1 is 0.909 bits per heavy atom. The molecule has 0 saturated carbocycles. The van der Waals surface area contributed by atoms with Gasteiger partial charge in [-0.2, -0.15) is 5.10 Å². The first kappa shape index (κ1) is 12.9. The molecule has 0 amide bonds. The molecule has 0 radical (unpaired) electrons. The molecule has 5 nitrogen and oxygen atoms in total. The molecular weight excluding hydrogens is 298 g/mol. The second-order valence-corrected chi connectivity index (χ2v) is 5.15.